The number of aliphatic hydroxyl groups is 3. The van der Waals surface area contributed by atoms with Crippen LogP contribution in [0.3, 0.4) is 0 Å². The van der Waals surface area contributed by atoms with E-state index in [2.05, 4.69) is 5.32 Å². The fourth-order valence-electron chi connectivity index (χ4n) is 3.65. The molecular weight excluding hydrogens is 374 g/mol. The highest BCUT2D eigenvalue weighted by Crippen LogP contribution is 2.34. The van der Waals surface area contributed by atoms with Crippen molar-refractivity contribution in [3.05, 3.63) is 71.8 Å². The minimum atomic E-state index is -1.81. The molecule has 5 atom stereocenters. The molecule has 0 aromatic heterocycles. The Morgan fingerprint density at radius 1 is 1.10 bits per heavy atom. The fraction of sp³-hybridized carbons (Fsp3) is 0.409. The summed E-state index contributed by atoms with van der Waals surface area (Å²) in [6.07, 6.45) is -3.51. The smallest absolute Gasteiger partial charge is 0.217 e. The molecule has 0 spiro atoms. The molecule has 1 aliphatic rings. The zero-order valence-corrected chi connectivity index (χ0v) is 16.3. The number of amides is 1. The highest BCUT2D eigenvalue weighted by molar-refractivity contribution is 5.73. The molecule has 0 radical (unpaired) electrons. The minimum Gasteiger partial charge on any atom is -0.394 e. The van der Waals surface area contributed by atoms with Crippen LogP contribution in [-0.4, -0.2) is 58.0 Å². The van der Waals surface area contributed by atoms with Gasteiger partial charge in [0.05, 0.1) is 13.2 Å². The molecule has 1 aliphatic heterocycles. The molecule has 0 saturated carbocycles. The van der Waals surface area contributed by atoms with E-state index in [4.69, 9.17) is 9.47 Å². The zero-order chi connectivity index (χ0) is 20.9. The molecule has 0 bridgehead atoms. The van der Waals surface area contributed by atoms with E-state index in [0.29, 0.717) is 0 Å². The van der Waals surface area contributed by atoms with Crippen molar-refractivity contribution in [2.24, 2.45) is 0 Å². The van der Waals surface area contributed by atoms with Crippen LogP contribution in [0.25, 0.3) is 0 Å². The van der Waals surface area contributed by atoms with Gasteiger partial charge in [-0.3, -0.25) is 4.79 Å². The number of hydrogen-bond acceptors (Lipinski definition) is 6. The maximum atomic E-state index is 11.9. The van der Waals surface area contributed by atoms with Gasteiger partial charge in [0.25, 0.3) is 0 Å². The minimum absolute atomic E-state index is 0.0466. The molecule has 4 N–H and O–H groups in total. The molecule has 1 saturated heterocycles. The van der Waals surface area contributed by atoms with E-state index < -0.39 is 42.7 Å². The van der Waals surface area contributed by atoms with E-state index in [9.17, 15) is 20.1 Å². The average Bonchev–Trinajstić information content (AvgIpc) is 2.72. The number of carbonyl (C=O) groups is 1. The van der Waals surface area contributed by atoms with Crippen LogP contribution in [0.15, 0.2) is 60.7 Å². The molecule has 3 rings (SSSR count). The van der Waals surface area contributed by atoms with Crippen LogP contribution in [0.2, 0.25) is 0 Å². The lowest BCUT2D eigenvalue weighted by Gasteiger charge is -2.50. The molecule has 0 aliphatic carbocycles. The lowest BCUT2D eigenvalue weighted by Crippen LogP contribution is -2.72. The van der Waals surface area contributed by atoms with Gasteiger partial charge in [-0.05, 0) is 11.1 Å². The van der Waals surface area contributed by atoms with E-state index >= 15 is 0 Å². The summed E-state index contributed by atoms with van der Waals surface area (Å²) >= 11 is 0. The second-order valence-electron chi connectivity index (χ2n) is 7.30. The fourth-order valence-corrected chi connectivity index (χ4v) is 3.65. The summed E-state index contributed by atoms with van der Waals surface area (Å²) < 4.78 is 11.6. The Bertz CT molecular complexity index is 786. The molecule has 156 valence electrons. The highest BCUT2D eigenvalue weighted by Gasteiger charge is 2.56. The number of ether oxygens (including phenoxy) is 2. The van der Waals surface area contributed by atoms with Gasteiger partial charge in [-0.25, -0.2) is 0 Å². The van der Waals surface area contributed by atoms with Gasteiger partial charge in [-0.15, -0.1) is 0 Å². The second-order valence-corrected chi connectivity index (χ2v) is 7.30. The monoisotopic (exact) mass is 401 g/mol. The number of nitrogens with one attached hydrogen (secondary N) is 1. The van der Waals surface area contributed by atoms with Gasteiger partial charge in [-0.2, -0.15) is 0 Å². The third kappa shape index (κ3) is 5.01. The largest absolute Gasteiger partial charge is 0.394 e. The van der Waals surface area contributed by atoms with E-state index in [0.717, 1.165) is 11.1 Å². The van der Waals surface area contributed by atoms with Gasteiger partial charge >= 0.3 is 0 Å². The number of benzene rings is 2. The normalized spacial score (nSPS) is 29.4. The average molecular weight is 401 g/mol. The highest BCUT2D eigenvalue weighted by atomic mass is 16.7. The van der Waals surface area contributed by atoms with E-state index in [1.54, 1.807) is 0 Å². The molecule has 1 heterocycles. The first kappa shape index (κ1) is 21.4. The number of aliphatic hydroxyl groups excluding tert-OH is 2. The molecule has 7 nitrogen and oxygen atoms in total. The standard InChI is InChI=1S/C22H27NO6/c1-15(25)23-19-21(28-14-17-10-6-3-7-11-17)29-18(13-24)20(26)22(19,27)12-16-8-4-2-5-9-16/h2-11,18-21,24,26-27H,12-14H2,1H3,(H,23,25)/t18-,19-,20-,21+,22-/m1/s1. The number of carbonyl (C=O) groups excluding carboxylic acids is 1. The van der Waals surface area contributed by atoms with Gasteiger partial charge in [0, 0.05) is 13.3 Å². The molecule has 2 aromatic rings. The predicted molar refractivity (Wildman–Crippen MR) is 106 cm³/mol. The van der Waals surface area contributed by atoms with Gasteiger partial charge in [-0.1, -0.05) is 60.7 Å². The first-order valence-electron chi connectivity index (χ1n) is 9.57. The molecule has 2 aromatic carbocycles. The van der Waals surface area contributed by atoms with Crippen LogP contribution in [-0.2, 0) is 27.3 Å². The molecule has 1 fully saturated rings. The first-order chi connectivity index (χ1) is 13.9. The topological polar surface area (TPSA) is 108 Å². The van der Waals surface area contributed by atoms with E-state index in [-0.39, 0.29) is 13.0 Å². The SMILES string of the molecule is CC(=O)N[C@@H]1[C@@H](OCc2ccccc2)O[C@H](CO)[C@@H](O)[C@@]1(O)Cc1ccccc1. The lowest BCUT2D eigenvalue weighted by atomic mass is 9.77. The Hall–Kier alpha value is -2.29. The van der Waals surface area contributed by atoms with Crippen LogP contribution in [0.5, 0.6) is 0 Å². The number of hydrogen-bond donors (Lipinski definition) is 4. The summed E-state index contributed by atoms with van der Waals surface area (Å²) in [7, 11) is 0. The summed E-state index contributed by atoms with van der Waals surface area (Å²) in [5.74, 6) is -0.395. The second kappa shape index (κ2) is 9.47. The van der Waals surface area contributed by atoms with Crippen molar-refractivity contribution in [1.82, 2.24) is 5.32 Å². The Kier molecular flexibility index (Phi) is 7.00. The molecule has 0 unspecified atom stereocenters. The van der Waals surface area contributed by atoms with Crippen molar-refractivity contribution >= 4 is 5.91 Å². The third-order valence-electron chi connectivity index (χ3n) is 5.11. The van der Waals surface area contributed by atoms with Crippen LogP contribution in [0.4, 0.5) is 0 Å². The Morgan fingerprint density at radius 2 is 1.69 bits per heavy atom. The summed E-state index contributed by atoms with van der Waals surface area (Å²) in [5.41, 5.74) is -0.152. The van der Waals surface area contributed by atoms with Gasteiger partial charge in [0.1, 0.15) is 23.9 Å². The quantitative estimate of drug-likeness (QED) is 0.546. The Labute approximate surface area is 169 Å². The van der Waals surface area contributed by atoms with E-state index in [1.807, 2.05) is 60.7 Å². The summed E-state index contributed by atoms with van der Waals surface area (Å²) in [6.45, 7) is 0.995. The van der Waals surface area contributed by atoms with Gasteiger partial charge in [0.15, 0.2) is 6.29 Å². The van der Waals surface area contributed by atoms with Crippen molar-refractivity contribution in [3.63, 3.8) is 0 Å². The third-order valence-corrected chi connectivity index (χ3v) is 5.11. The van der Waals surface area contributed by atoms with Crippen molar-refractivity contribution < 1.29 is 29.6 Å². The molecule has 1 amide bonds. The Balaban J connectivity index is 1.89. The zero-order valence-electron chi connectivity index (χ0n) is 16.3. The molecule has 7 heteroatoms. The summed E-state index contributed by atoms with van der Waals surface area (Å²) in [5, 5.41) is 34.7. The van der Waals surface area contributed by atoms with Crippen molar-refractivity contribution in [1.29, 1.82) is 0 Å². The Morgan fingerprint density at radius 3 is 2.24 bits per heavy atom. The maximum absolute atomic E-state index is 11.9. The van der Waals surface area contributed by atoms with Crippen LogP contribution in [0, 0.1) is 0 Å². The van der Waals surface area contributed by atoms with Crippen LogP contribution in [0.1, 0.15) is 18.1 Å². The van der Waals surface area contributed by atoms with Gasteiger partial charge in [0.2, 0.25) is 5.91 Å². The molecule has 29 heavy (non-hydrogen) atoms. The van der Waals surface area contributed by atoms with E-state index in [1.165, 1.54) is 6.92 Å². The van der Waals surface area contributed by atoms with Crippen LogP contribution >= 0.6 is 0 Å². The predicted octanol–water partition coefficient (Wildman–Crippen LogP) is 0.760. The van der Waals surface area contributed by atoms with Crippen molar-refractivity contribution in [2.75, 3.05) is 6.61 Å². The summed E-state index contributed by atoms with van der Waals surface area (Å²) in [6, 6.07) is 17.5. The molecular formula is C22H27NO6. The maximum Gasteiger partial charge on any atom is 0.217 e. The van der Waals surface area contributed by atoms with Crippen molar-refractivity contribution in [3.8, 4) is 0 Å². The number of rotatable bonds is 7. The van der Waals surface area contributed by atoms with Gasteiger partial charge < -0.3 is 30.1 Å². The lowest BCUT2D eigenvalue weighted by molar-refractivity contribution is -0.302. The van der Waals surface area contributed by atoms with Crippen molar-refractivity contribution in [2.45, 2.75) is 50.1 Å². The summed E-state index contributed by atoms with van der Waals surface area (Å²) in [4.78, 5) is 11.9. The van der Waals surface area contributed by atoms with Crippen LogP contribution < -0.4 is 5.32 Å². The first-order valence-corrected chi connectivity index (χ1v) is 9.57.